The maximum absolute atomic E-state index is 5.11. The highest BCUT2D eigenvalue weighted by Gasteiger charge is 2.05. The van der Waals surface area contributed by atoms with Crippen LogP contribution in [0.25, 0.3) is 10.9 Å². The molecule has 1 aromatic carbocycles. The van der Waals surface area contributed by atoms with E-state index in [1.54, 1.807) is 7.11 Å². The van der Waals surface area contributed by atoms with Gasteiger partial charge in [0.25, 0.3) is 0 Å². The topological polar surface area (TPSA) is 34.1 Å². The summed E-state index contributed by atoms with van der Waals surface area (Å²) in [5.41, 5.74) is 3.04. The number of methoxy groups -OCH3 is 1. The van der Waals surface area contributed by atoms with E-state index in [-0.39, 0.29) is 0 Å². The molecule has 16 heavy (non-hydrogen) atoms. The molecule has 0 spiro atoms. The quantitative estimate of drug-likeness (QED) is 0.880. The molecular weight excluding hydrogens is 315 g/mol. The zero-order chi connectivity index (χ0) is 11.5. The maximum Gasteiger partial charge on any atom is 0.0885 e. The lowest BCUT2D eigenvalue weighted by atomic mass is 10.1. The first-order valence-electron chi connectivity index (χ1n) is 5.00. The van der Waals surface area contributed by atoms with Crippen LogP contribution in [0.3, 0.4) is 0 Å². The number of aromatic nitrogens is 1. The minimum absolute atomic E-state index is 0.538. The predicted octanol–water partition coefficient (Wildman–Crippen LogP) is 3.03. The summed E-state index contributed by atoms with van der Waals surface area (Å²) in [6.45, 7) is 0.538. The number of hydrogen-bond acceptors (Lipinski definition) is 3. The Hall–Kier alpha value is -0.880. The number of benzene rings is 1. The second-order valence-electron chi connectivity index (χ2n) is 3.51. The maximum atomic E-state index is 5.11. The molecule has 0 saturated heterocycles. The van der Waals surface area contributed by atoms with E-state index in [4.69, 9.17) is 4.74 Å². The van der Waals surface area contributed by atoms with Gasteiger partial charge in [-0.1, -0.05) is 0 Å². The third-order valence-corrected chi connectivity index (χ3v) is 3.06. The summed E-state index contributed by atoms with van der Waals surface area (Å²) in [4.78, 5) is 4.55. The second kappa shape index (κ2) is 4.97. The number of nitrogens with zero attached hydrogens (tertiary/aromatic N) is 1. The minimum atomic E-state index is 0.538. The van der Waals surface area contributed by atoms with E-state index in [2.05, 4.69) is 45.0 Å². The Labute approximate surface area is 108 Å². The van der Waals surface area contributed by atoms with E-state index in [9.17, 15) is 0 Å². The summed E-state index contributed by atoms with van der Waals surface area (Å²) in [7, 11) is 3.60. The minimum Gasteiger partial charge on any atom is -0.388 e. The van der Waals surface area contributed by atoms with Crippen LogP contribution in [-0.4, -0.2) is 19.1 Å². The van der Waals surface area contributed by atoms with Gasteiger partial charge in [0.05, 0.1) is 17.8 Å². The SMILES string of the molecule is CNc1cc(COC)nc2ccc(I)cc12. The molecule has 84 valence electrons. The van der Waals surface area contributed by atoms with Crippen molar-refractivity contribution in [3.63, 3.8) is 0 Å². The smallest absolute Gasteiger partial charge is 0.0885 e. The monoisotopic (exact) mass is 328 g/mol. The van der Waals surface area contributed by atoms with Crippen molar-refractivity contribution in [1.82, 2.24) is 4.98 Å². The Balaban J connectivity index is 2.63. The molecule has 2 rings (SSSR count). The normalized spacial score (nSPS) is 10.7. The van der Waals surface area contributed by atoms with E-state index >= 15 is 0 Å². The van der Waals surface area contributed by atoms with Crippen molar-refractivity contribution >= 4 is 39.2 Å². The molecule has 0 radical (unpaired) electrons. The molecule has 1 heterocycles. The largest absolute Gasteiger partial charge is 0.388 e. The van der Waals surface area contributed by atoms with Crippen molar-refractivity contribution in [2.45, 2.75) is 6.61 Å². The summed E-state index contributed by atoms with van der Waals surface area (Å²) in [5.74, 6) is 0. The lowest BCUT2D eigenvalue weighted by Crippen LogP contribution is -1.98. The summed E-state index contributed by atoms with van der Waals surface area (Å²) in [6, 6.07) is 8.26. The molecule has 0 aliphatic carbocycles. The molecule has 0 unspecified atom stereocenters. The van der Waals surface area contributed by atoms with Crippen molar-refractivity contribution in [3.05, 3.63) is 33.5 Å². The van der Waals surface area contributed by atoms with Crippen LogP contribution in [0.1, 0.15) is 5.69 Å². The molecule has 0 amide bonds. The summed E-state index contributed by atoms with van der Waals surface area (Å²) in [6.07, 6.45) is 0. The highest BCUT2D eigenvalue weighted by Crippen LogP contribution is 2.25. The zero-order valence-electron chi connectivity index (χ0n) is 9.25. The standard InChI is InChI=1S/C12H13IN2O/c1-14-12-6-9(7-16-2)15-11-4-3-8(13)5-10(11)12/h3-6H,7H2,1-2H3,(H,14,15). The summed E-state index contributed by atoms with van der Waals surface area (Å²) in [5, 5.41) is 4.34. The molecule has 1 aromatic heterocycles. The van der Waals surface area contributed by atoms with Gasteiger partial charge in [0.2, 0.25) is 0 Å². The van der Waals surface area contributed by atoms with Crippen LogP contribution in [0.5, 0.6) is 0 Å². The summed E-state index contributed by atoms with van der Waals surface area (Å²) >= 11 is 2.31. The van der Waals surface area contributed by atoms with Gasteiger partial charge in [-0.3, -0.25) is 4.98 Å². The summed E-state index contributed by atoms with van der Waals surface area (Å²) < 4.78 is 6.32. The van der Waals surface area contributed by atoms with Crippen LogP contribution in [-0.2, 0) is 11.3 Å². The van der Waals surface area contributed by atoms with Gasteiger partial charge in [-0.15, -0.1) is 0 Å². The van der Waals surface area contributed by atoms with Crippen LogP contribution in [0, 0.1) is 3.57 Å². The number of fused-ring (bicyclic) bond motifs is 1. The number of nitrogens with one attached hydrogen (secondary N) is 1. The van der Waals surface area contributed by atoms with Gasteiger partial charge in [-0.25, -0.2) is 0 Å². The highest BCUT2D eigenvalue weighted by molar-refractivity contribution is 14.1. The van der Waals surface area contributed by atoms with Crippen molar-refractivity contribution in [3.8, 4) is 0 Å². The van der Waals surface area contributed by atoms with Crippen molar-refractivity contribution in [2.24, 2.45) is 0 Å². The third kappa shape index (κ3) is 2.27. The fourth-order valence-electron chi connectivity index (χ4n) is 1.68. The van der Waals surface area contributed by atoms with Crippen LogP contribution >= 0.6 is 22.6 Å². The number of pyridine rings is 1. The van der Waals surface area contributed by atoms with Gasteiger partial charge >= 0.3 is 0 Å². The molecule has 0 aliphatic rings. The third-order valence-electron chi connectivity index (χ3n) is 2.39. The van der Waals surface area contributed by atoms with Gasteiger partial charge in [0.1, 0.15) is 0 Å². The Morgan fingerprint density at radius 3 is 2.88 bits per heavy atom. The molecule has 0 aliphatic heterocycles. The van der Waals surface area contributed by atoms with Crippen LogP contribution in [0.4, 0.5) is 5.69 Å². The van der Waals surface area contributed by atoms with Gasteiger partial charge in [0.15, 0.2) is 0 Å². The molecule has 0 bridgehead atoms. The molecule has 4 heteroatoms. The first kappa shape index (κ1) is 11.6. The Morgan fingerprint density at radius 2 is 2.19 bits per heavy atom. The number of halogens is 1. The van der Waals surface area contributed by atoms with E-state index < -0.39 is 0 Å². The van der Waals surface area contributed by atoms with Crippen molar-refractivity contribution in [1.29, 1.82) is 0 Å². The van der Waals surface area contributed by atoms with Crippen LogP contribution in [0.15, 0.2) is 24.3 Å². The zero-order valence-corrected chi connectivity index (χ0v) is 11.4. The molecule has 2 aromatic rings. The van der Waals surface area contributed by atoms with Gasteiger partial charge < -0.3 is 10.1 Å². The molecule has 1 N–H and O–H groups in total. The van der Waals surface area contributed by atoms with E-state index in [1.807, 2.05) is 19.2 Å². The average molecular weight is 328 g/mol. The molecule has 3 nitrogen and oxygen atoms in total. The number of rotatable bonds is 3. The predicted molar refractivity (Wildman–Crippen MR) is 74.7 cm³/mol. The van der Waals surface area contributed by atoms with Gasteiger partial charge in [-0.05, 0) is 46.9 Å². The van der Waals surface area contributed by atoms with Crippen molar-refractivity contribution < 1.29 is 4.74 Å². The second-order valence-corrected chi connectivity index (χ2v) is 4.75. The van der Waals surface area contributed by atoms with Crippen molar-refractivity contribution in [2.75, 3.05) is 19.5 Å². The lowest BCUT2D eigenvalue weighted by molar-refractivity contribution is 0.182. The number of anilines is 1. The lowest BCUT2D eigenvalue weighted by Gasteiger charge is -2.09. The average Bonchev–Trinajstić information content (AvgIpc) is 2.29. The molecule has 0 atom stereocenters. The Bertz CT molecular complexity index is 514. The first-order valence-corrected chi connectivity index (χ1v) is 6.08. The molecule has 0 fully saturated rings. The first-order chi connectivity index (χ1) is 7.74. The van der Waals surface area contributed by atoms with Gasteiger partial charge in [0, 0.05) is 28.8 Å². The molecular formula is C12H13IN2O. The van der Waals surface area contributed by atoms with Crippen LogP contribution < -0.4 is 5.32 Å². The van der Waals surface area contributed by atoms with Gasteiger partial charge in [-0.2, -0.15) is 0 Å². The Morgan fingerprint density at radius 1 is 1.38 bits per heavy atom. The highest BCUT2D eigenvalue weighted by atomic mass is 127. The van der Waals surface area contributed by atoms with E-state index in [0.29, 0.717) is 6.61 Å². The number of ether oxygens (including phenoxy) is 1. The number of hydrogen-bond donors (Lipinski definition) is 1. The fourth-order valence-corrected chi connectivity index (χ4v) is 2.17. The molecule has 0 saturated carbocycles. The fraction of sp³-hybridized carbons (Fsp3) is 0.250. The van der Waals surface area contributed by atoms with E-state index in [1.165, 1.54) is 3.57 Å². The van der Waals surface area contributed by atoms with Crippen LogP contribution in [0.2, 0.25) is 0 Å². The Kier molecular flexibility index (Phi) is 3.60. The van der Waals surface area contributed by atoms with E-state index in [0.717, 1.165) is 22.3 Å².